The lowest BCUT2D eigenvalue weighted by atomic mass is 10.1. The van der Waals surface area contributed by atoms with Crippen LogP contribution in [0, 0.1) is 10.8 Å². The summed E-state index contributed by atoms with van der Waals surface area (Å²) in [6, 6.07) is 6.96. The predicted molar refractivity (Wildman–Crippen MR) is 94.3 cm³/mol. The molecule has 1 aliphatic heterocycles. The van der Waals surface area contributed by atoms with E-state index in [-0.39, 0.29) is 37.9 Å². The first-order valence-electron chi connectivity index (χ1n) is 7.80. The predicted octanol–water partition coefficient (Wildman–Crippen LogP) is 2.39. The highest BCUT2D eigenvalue weighted by molar-refractivity contribution is 6.02. The van der Waals surface area contributed by atoms with Crippen LogP contribution in [0.25, 0.3) is 0 Å². The number of piperidine rings is 1. The van der Waals surface area contributed by atoms with Crippen LogP contribution in [0.5, 0.6) is 5.75 Å². The van der Waals surface area contributed by atoms with Gasteiger partial charge in [0.1, 0.15) is 5.75 Å². The number of ether oxygens (including phenoxy) is 1. The van der Waals surface area contributed by atoms with Crippen molar-refractivity contribution in [3.05, 3.63) is 24.3 Å². The zero-order valence-corrected chi connectivity index (χ0v) is 14.6. The molecule has 0 aromatic heterocycles. The molecule has 1 aliphatic rings. The number of anilines is 1. The van der Waals surface area contributed by atoms with Crippen LogP contribution in [0.1, 0.15) is 19.8 Å². The second kappa shape index (κ2) is 9.54. The number of alkyl halides is 2. The standard InChI is InChI=1S/C14H19F2N5O.C2H4O2/c1-22-11-4-2-10(3-5-11)19-12(17)20-13(18)21-8-6-14(15,16)7-9-21;1-2(3)4/h2-5H,6-9H2,1H3,(H4,17,18,19,20);1H3,(H,3,4). The van der Waals surface area contributed by atoms with Gasteiger partial charge in [0.2, 0.25) is 0 Å². The number of methoxy groups -OCH3 is 1. The fourth-order valence-electron chi connectivity index (χ4n) is 2.10. The quantitative estimate of drug-likeness (QED) is 0.402. The zero-order valence-electron chi connectivity index (χ0n) is 14.6. The summed E-state index contributed by atoms with van der Waals surface area (Å²) < 4.78 is 31.2. The van der Waals surface area contributed by atoms with Crippen LogP contribution in [0.2, 0.25) is 0 Å². The van der Waals surface area contributed by atoms with Gasteiger partial charge >= 0.3 is 0 Å². The van der Waals surface area contributed by atoms with Crippen molar-refractivity contribution in [2.24, 2.45) is 0 Å². The molecule has 0 saturated carbocycles. The lowest BCUT2D eigenvalue weighted by molar-refractivity contribution is -0.134. The third-order valence-electron chi connectivity index (χ3n) is 3.41. The fraction of sp³-hybridized carbons (Fsp3) is 0.438. The van der Waals surface area contributed by atoms with Crippen LogP contribution in [0.3, 0.4) is 0 Å². The van der Waals surface area contributed by atoms with Gasteiger partial charge < -0.3 is 20.1 Å². The summed E-state index contributed by atoms with van der Waals surface area (Å²) in [5, 5.41) is 28.4. The summed E-state index contributed by atoms with van der Waals surface area (Å²) in [6.07, 6.45) is -0.535. The van der Waals surface area contributed by atoms with Crippen LogP contribution < -0.4 is 15.4 Å². The molecule has 10 heteroatoms. The summed E-state index contributed by atoms with van der Waals surface area (Å²) >= 11 is 0. The lowest BCUT2D eigenvalue weighted by Crippen LogP contribution is -2.50. The number of benzene rings is 1. The first-order chi connectivity index (χ1) is 12.1. The number of hydrogen-bond donors (Lipinski definition) is 5. The number of halogens is 2. The summed E-state index contributed by atoms with van der Waals surface area (Å²) in [6.45, 7) is 1.29. The minimum absolute atomic E-state index is 0.0542. The number of nitrogens with zero attached hydrogens (tertiary/aromatic N) is 1. The summed E-state index contributed by atoms with van der Waals surface area (Å²) in [7, 11) is 1.56. The molecule has 1 aromatic carbocycles. The minimum Gasteiger partial charge on any atom is -0.497 e. The van der Waals surface area contributed by atoms with E-state index >= 15 is 0 Å². The Bertz CT molecular complexity index is 623. The van der Waals surface area contributed by atoms with E-state index in [9.17, 15) is 8.78 Å². The Balaban J connectivity index is 0.000000765. The molecule has 2 rings (SSSR count). The third-order valence-corrected chi connectivity index (χ3v) is 3.41. The second-order valence-electron chi connectivity index (χ2n) is 5.56. The van der Waals surface area contributed by atoms with Crippen LogP contribution in [-0.4, -0.2) is 54.0 Å². The highest BCUT2D eigenvalue weighted by atomic mass is 19.3. The SMILES string of the molecule is CC(=O)O.COc1ccc(NC(=N)NC(=N)N2CCC(F)(F)CC2)cc1. The molecule has 0 spiro atoms. The smallest absolute Gasteiger partial charge is 0.300 e. The lowest BCUT2D eigenvalue weighted by Gasteiger charge is -2.33. The van der Waals surface area contributed by atoms with E-state index in [1.165, 1.54) is 4.90 Å². The Morgan fingerprint density at radius 3 is 2.19 bits per heavy atom. The number of rotatable bonds is 2. The molecule has 0 atom stereocenters. The highest BCUT2D eigenvalue weighted by Crippen LogP contribution is 2.27. The maximum atomic E-state index is 13.1. The van der Waals surface area contributed by atoms with E-state index in [1.807, 2.05) is 0 Å². The monoisotopic (exact) mass is 371 g/mol. The molecule has 1 heterocycles. The maximum absolute atomic E-state index is 13.1. The molecule has 0 radical (unpaired) electrons. The number of carbonyl (C=O) groups is 1. The zero-order chi connectivity index (χ0) is 19.7. The molecule has 0 amide bonds. The van der Waals surface area contributed by atoms with Gasteiger partial charge in [-0.05, 0) is 24.3 Å². The normalized spacial score (nSPS) is 15.2. The molecule has 1 aromatic rings. The van der Waals surface area contributed by atoms with E-state index in [4.69, 9.17) is 25.5 Å². The Morgan fingerprint density at radius 2 is 1.73 bits per heavy atom. The maximum Gasteiger partial charge on any atom is 0.300 e. The summed E-state index contributed by atoms with van der Waals surface area (Å²) in [5.74, 6) is -2.92. The average Bonchev–Trinajstić information content (AvgIpc) is 2.54. The van der Waals surface area contributed by atoms with E-state index < -0.39 is 11.9 Å². The molecule has 26 heavy (non-hydrogen) atoms. The van der Waals surface area contributed by atoms with Gasteiger partial charge in [0.25, 0.3) is 11.9 Å². The number of carboxylic acids is 1. The van der Waals surface area contributed by atoms with Crippen molar-refractivity contribution in [1.82, 2.24) is 10.2 Å². The molecule has 0 unspecified atom stereocenters. The van der Waals surface area contributed by atoms with E-state index in [0.717, 1.165) is 6.92 Å². The number of hydrogen-bond acceptors (Lipinski definition) is 4. The van der Waals surface area contributed by atoms with Crippen molar-refractivity contribution < 1.29 is 23.4 Å². The molecule has 5 N–H and O–H groups in total. The van der Waals surface area contributed by atoms with E-state index in [2.05, 4.69) is 10.6 Å². The van der Waals surface area contributed by atoms with Crippen molar-refractivity contribution in [1.29, 1.82) is 10.8 Å². The van der Waals surface area contributed by atoms with Crippen molar-refractivity contribution in [3.63, 3.8) is 0 Å². The molecule has 1 fully saturated rings. The number of aliphatic carboxylic acids is 1. The topological polar surface area (TPSA) is 122 Å². The Hall–Kier alpha value is -2.91. The van der Waals surface area contributed by atoms with Crippen molar-refractivity contribution in [3.8, 4) is 5.75 Å². The molecular weight excluding hydrogens is 348 g/mol. The van der Waals surface area contributed by atoms with E-state index in [1.54, 1.807) is 31.4 Å². The van der Waals surface area contributed by atoms with Crippen LogP contribution in [0.4, 0.5) is 14.5 Å². The second-order valence-corrected chi connectivity index (χ2v) is 5.56. The minimum atomic E-state index is -2.65. The van der Waals surface area contributed by atoms with Crippen molar-refractivity contribution in [2.75, 3.05) is 25.5 Å². The van der Waals surface area contributed by atoms with Gasteiger partial charge in [-0.1, -0.05) is 0 Å². The van der Waals surface area contributed by atoms with Crippen LogP contribution in [0.15, 0.2) is 24.3 Å². The molecule has 0 bridgehead atoms. The number of likely N-dealkylation sites (tertiary alicyclic amines) is 1. The van der Waals surface area contributed by atoms with Gasteiger partial charge in [0.15, 0.2) is 11.9 Å². The summed E-state index contributed by atoms with van der Waals surface area (Å²) in [4.78, 5) is 10.5. The largest absolute Gasteiger partial charge is 0.497 e. The Kier molecular flexibility index (Phi) is 7.76. The third kappa shape index (κ3) is 7.77. The van der Waals surface area contributed by atoms with E-state index in [0.29, 0.717) is 11.4 Å². The van der Waals surface area contributed by atoms with Crippen LogP contribution in [-0.2, 0) is 4.79 Å². The molecule has 144 valence electrons. The van der Waals surface area contributed by atoms with Crippen molar-refractivity contribution in [2.45, 2.75) is 25.7 Å². The molecular formula is C16H23F2N5O3. The Morgan fingerprint density at radius 1 is 1.23 bits per heavy atom. The fourth-order valence-corrected chi connectivity index (χ4v) is 2.10. The number of carboxylic acid groups (broad SMARTS) is 1. The van der Waals surface area contributed by atoms with Gasteiger partial charge in [-0.25, -0.2) is 8.78 Å². The average molecular weight is 371 g/mol. The van der Waals surface area contributed by atoms with Gasteiger partial charge in [-0.2, -0.15) is 0 Å². The van der Waals surface area contributed by atoms with Gasteiger partial charge in [0.05, 0.1) is 7.11 Å². The van der Waals surface area contributed by atoms with Gasteiger partial charge in [-0.3, -0.25) is 20.9 Å². The number of guanidine groups is 2. The van der Waals surface area contributed by atoms with Crippen molar-refractivity contribution >= 4 is 23.6 Å². The first-order valence-corrected chi connectivity index (χ1v) is 7.80. The Labute approximate surface area is 150 Å². The molecule has 0 aliphatic carbocycles. The molecule has 1 saturated heterocycles. The highest BCUT2D eigenvalue weighted by Gasteiger charge is 2.34. The van der Waals surface area contributed by atoms with Gasteiger partial charge in [0, 0.05) is 38.5 Å². The first kappa shape index (κ1) is 21.1. The van der Waals surface area contributed by atoms with Gasteiger partial charge in [-0.15, -0.1) is 0 Å². The summed E-state index contributed by atoms with van der Waals surface area (Å²) in [5.41, 5.74) is 0.663. The molecule has 8 nitrogen and oxygen atoms in total. The number of nitrogens with one attached hydrogen (secondary N) is 4. The van der Waals surface area contributed by atoms with Crippen LogP contribution >= 0.6 is 0 Å².